The van der Waals surface area contributed by atoms with Crippen molar-refractivity contribution in [3.8, 4) is 5.75 Å². The quantitative estimate of drug-likeness (QED) is 0.835. The molecule has 1 atom stereocenters. The lowest BCUT2D eigenvalue weighted by molar-refractivity contribution is 0.212. The van der Waals surface area contributed by atoms with Gasteiger partial charge < -0.3 is 4.74 Å². The first-order chi connectivity index (χ1) is 8.74. The van der Waals surface area contributed by atoms with E-state index in [2.05, 4.69) is 27.8 Å². The summed E-state index contributed by atoms with van der Waals surface area (Å²) in [5.74, 6) is 1.85. The summed E-state index contributed by atoms with van der Waals surface area (Å²) in [6.07, 6.45) is 4.04. The molecule has 1 saturated heterocycles. The van der Waals surface area contributed by atoms with E-state index in [1.54, 1.807) is 0 Å². The van der Waals surface area contributed by atoms with Crippen LogP contribution in [0.3, 0.4) is 0 Å². The zero-order chi connectivity index (χ0) is 12.8. The minimum Gasteiger partial charge on any atom is -0.492 e. The topological polar surface area (TPSA) is 12.5 Å². The number of nitrogens with zero attached hydrogens (tertiary/aromatic N) is 1. The number of hydrogen-bond acceptors (Lipinski definition) is 2. The Morgan fingerprint density at radius 3 is 2.78 bits per heavy atom. The van der Waals surface area contributed by atoms with Gasteiger partial charge >= 0.3 is 0 Å². The normalized spacial score (nSPS) is 21.6. The van der Waals surface area contributed by atoms with Crippen molar-refractivity contribution in [1.82, 2.24) is 4.90 Å². The molecule has 0 saturated carbocycles. The van der Waals surface area contributed by atoms with E-state index >= 15 is 0 Å². The van der Waals surface area contributed by atoms with Gasteiger partial charge in [0, 0.05) is 11.0 Å². The molecule has 0 N–H and O–H groups in total. The smallest absolute Gasteiger partial charge is 0.119 e. The van der Waals surface area contributed by atoms with E-state index in [0.29, 0.717) is 0 Å². The van der Waals surface area contributed by atoms with Gasteiger partial charge in [0.1, 0.15) is 12.4 Å². The highest BCUT2D eigenvalue weighted by molar-refractivity contribution is 9.10. The van der Waals surface area contributed by atoms with Crippen LogP contribution >= 0.6 is 15.9 Å². The molecule has 1 aliphatic heterocycles. The summed E-state index contributed by atoms with van der Waals surface area (Å²) >= 11 is 3.43. The van der Waals surface area contributed by atoms with Crippen LogP contribution in [0.2, 0.25) is 0 Å². The number of benzene rings is 1. The van der Waals surface area contributed by atoms with Gasteiger partial charge in [-0.05, 0) is 62.5 Å². The van der Waals surface area contributed by atoms with Crippen LogP contribution in [0.15, 0.2) is 28.7 Å². The minimum atomic E-state index is 0.788. The maximum absolute atomic E-state index is 5.77. The van der Waals surface area contributed by atoms with Crippen molar-refractivity contribution in [3.63, 3.8) is 0 Å². The van der Waals surface area contributed by atoms with Crippen molar-refractivity contribution in [2.75, 3.05) is 26.2 Å². The molecule has 100 valence electrons. The molecule has 0 bridgehead atoms. The highest BCUT2D eigenvalue weighted by Gasteiger charge is 2.13. The third kappa shape index (κ3) is 4.62. The number of hydrogen-bond donors (Lipinski definition) is 0. The van der Waals surface area contributed by atoms with Crippen LogP contribution in [0.1, 0.15) is 26.2 Å². The van der Waals surface area contributed by atoms with Gasteiger partial charge in [-0.2, -0.15) is 0 Å². The molecule has 2 nitrogen and oxygen atoms in total. The average molecular weight is 312 g/mol. The lowest BCUT2D eigenvalue weighted by atomic mass is 10.0. The van der Waals surface area contributed by atoms with Gasteiger partial charge in [-0.25, -0.2) is 0 Å². The van der Waals surface area contributed by atoms with Gasteiger partial charge in [0.05, 0.1) is 0 Å². The zero-order valence-electron chi connectivity index (χ0n) is 11.1. The van der Waals surface area contributed by atoms with E-state index in [-0.39, 0.29) is 0 Å². The SMILES string of the molecule is CC1CCCN(CCOc2ccc(Br)cc2)CC1. The maximum atomic E-state index is 5.77. The number of rotatable bonds is 4. The van der Waals surface area contributed by atoms with Crippen LogP contribution in [-0.4, -0.2) is 31.1 Å². The third-order valence-electron chi connectivity index (χ3n) is 3.60. The van der Waals surface area contributed by atoms with Crippen molar-refractivity contribution in [2.24, 2.45) is 5.92 Å². The largest absolute Gasteiger partial charge is 0.492 e. The molecule has 0 radical (unpaired) electrons. The van der Waals surface area contributed by atoms with Crippen molar-refractivity contribution >= 4 is 15.9 Å². The molecule has 3 heteroatoms. The number of halogens is 1. The molecule has 1 fully saturated rings. The second-order valence-electron chi connectivity index (χ2n) is 5.18. The minimum absolute atomic E-state index is 0.788. The first-order valence-electron chi connectivity index (χ1n) is 6.85. The predicted molar refractivity (Wildman–Crippen MR) is 79.1 cm³/mol. The molecular weight excluding hydrogens is 290 g/mol. The van der Waals surface area contributed by atoms with Crippen molar-refractivity contribution in [2.45, 2.75) is 26.2 Å². The molecule has 0 spiro atoms. The molecule has 0 aromatic heterocycles. The first kappa shape index (κ1) is 13.9. The van der Waals surface area contributed by atoms with E-state index in [1.165, 1.54) is 32.4 Å². The fourth-order valence-electron chi connectivity index (χ4n) is 2.37. The van der Waals surface area contributed by atoms with Crippen LogP contribution in [0.5, 0.6) is 5.75 Å². The Bertz CT molecular complexity index is 352. The number of likely N-dealkylation sites (tertiary alicyclic amines) is 1. The first-order valence-corrected chi connectivity index (χ1v) is 7.64. The Labute approximate surface area is 118 Å². The summed E-state index contributed by atoms with van der Waals surface area (Å²) in [4.78, 5) is 2.53. The maximum Gasteiger partial charge on any atom is 0.119 e. The second kappa shape index (κ2) is 7.15. The van der Waals surface area contributed by atoms with Crippen molar-refractivity contribution < 1.29 is 4.74 Å². The van der Waals surface area contributed by atoms with Crippen LogP contribution in [0.25, 0.3) is 0 Å². The predicted octanol–water partition coefficient (Wildman–Crippen LogP) is 3.95. The molecule has 18 heavy (non-hydrogen) atoms. The summed E-state index contributed by atoms with van der Waals surface area (Å²) in [6.45, 7) is 6.65. The Hall–Kier alpha value is -0.540. The Balaban J connectivity index is 1.70. The lowest BCUT2D eigenvalue weighted by Gasteiger charge is -2.19. The van der Waals surface area contributed by atoms with Gasteiger partial charge in [0.2, 0.25) is 0 Å². The van der Waals surface area contributed by atoms with Crippen LogP contribution in [0, 0.1) is 5.92 Å². The zero-order valence-corrected chi connectivity index (χ0v) is 12.7. The van der Waals surface area contributed by atoms with Crippen molar-refractivity contribution in [3.05, 3.63) is 28.7 Å². The lowest BCUT2D eigenvalue weighted by Crippen LogP contribution is -2.29. The summed E-state index contributed by atoms with van der Waals surface area (Å²) in [5.41, 5.74) is 0. The Morgan fingerprint density at radius 1 is 1.22 bits per heavy atom. The molecule has 0 aliphatic carbocycles. The van der Waals surface area contributed by atoms with E-state index in [1.807, 2.05) is 24.3 Å². The van der Waals surface area contributed by atoms with E-state index in [4.69, 9.17) is 4.74 Å². The third-order valence-corrected chi connectivity index (χ3v) is 4.13. The standard InChI is InChI=1S/C15H22BrNO/c1-13-3-2-9-17(10-8-13)11-12-18-15-6-4-14(16)5-7-15/h4-7,13H,2-3,8-12H2,1H3. The summed E-state index contributed by atoms with van der Waals surface area (Å²) in [7, 11) is 0. The van der Waals surface area contributed by atoms with Gasteiger partial charge in [-0.1, -0.05) is 22.9 Å². The summed E-state index contributed by atoms with van der Waals surface area (Å²) in [6, 6.07) is 8.05. The van der Waals surface area contributed by atoms with Crippen LogP contribution < -0.4 is 4.74 Å². The Morgan fingerprint density at radius 2 is 2.00 bits per heavy atom. The summed E-state index contributed by atoms with van der Waals surface area (Å²) in [5, 5.41) is 0. The van der Waals surface area contributed by atoms with Gasteiger partial charge in [-0.15, -0.1) is 0 Å². The highest BCUT2D eigenvalue weighted by atomic mass is 79.9. The summed E-state index contributed by atoms with van der Waals surface area (Å²) < 4.78 is 6.86. The fourth-order valence-corrected chi connectivity index (χ4v) is 2.63. The van der Waals surface area contributed by atoms with Crippen molar-refractivity contribution in [1.29, 1.82) is 0 Å². The van der Waals surface area contributed by atoms with Crippen LogP contribution in [-0.2, 0) is 0 Å². The van der Waals surface area contributed by atoms with Gasteiger partial charge in [0.15, 0.2) is 0 Å². The Kier molecular flexibility index (Phi) is 5.51. The molecule has 1 aliphatic rings. The molecule has 1 unspecified atom stereocenters. The van der Waals surface area contributed by atoms with E-state index < -0.39 is 0 Å². The monoisotopic (exact) mass is 311 g/mol. The molecule has 1 aromatic rings. The molecule has 0 amide bonds. The molecular formula is C15H22BrNO. The average Bonchev–Trinajstić information content (AvgIpc) is 2.57. The number of ether oxygens (including phenoxy) is 1. The van der Waals surface area contributed by atoms with E-state index in [0.717, 1.165) is 29.3 Å². The van der Waals surface area contributed by atoms with E-state index in [9.17, 15) is 0 Å². The fraction of sp³-hybridized carbons (Fsp3) is 0.600. The van der Waals surface area contributed by atoms with Crippen LogP contribution in [0.4, 0.5) is 0 Å². The van der Waals surface area contributed by atoms with Gasteiger partial charge in [-0.3, -0.25) is 4.90 Å². The molecule has 2 rings (SSSR count). The molecule has 1 aromatic carbocycles. The second-order valence-corrected chi connectivity index (χ2v) is 6.10. The molecule has 1 heterocycles. The highest BCUT2D eigenvalue weighted by Crippen LogP contribution is 2.17. The van der Waals surface area contributed by atoms with Gasteiger partial charge in [0.25, 0.3) is 0 Å².